The van der Waals surface area contributed by atoms with E-state index in [0.717, 1.165) is 68.1 Å². The Kier molecular flexibility index (Phi) is 19.2. The SMILES string of the molecule is CC1(C)c2ccccc2-c2ccc(N(c3ccc(-c4ccccc4)cc3)c3ccc4c5ccccc5n(-c5ccccc5)c4c3)cc21.CC1(C)c2ccccc2-c2ccc(N(c3ccc(C#N)cc3)c3ccc4c5ccccc5n(-c5ccccc5)c4c3)cc21.CC1(C)c2ccccc2-c2ccc(N(c3ccccc3)c3ccc4c5ccccc5n(-c5ccccc5)c4c3)cc21. The molecular weight excluding hydrogens is 1590 g/mol. The third-order valence-electron chi connectivity index (χ3n) is 27.8. The van der Waals surface area contributed by atoms with Gasteiger partial charge in [0.25, 0.3) is 0 Å². The number of aromatic nitrogens is 3. The van der Waals surface area contributed by atoms with Gasteiger partial charge < -0.3 is 28.4 Å². The Bertz CT molecular complexity index is 8240. The van der Waals surface area contributed by atoms with Gasteiger partial charge in [-0.2, -0.15) is 5.26 Å². The number of para-hydroxylation sites is 7. The maximum atomic E-state index is 9.51. The van der Waals surface area contributed by atoms with E-state index in [1.807, 2.05) is 24.3 Å². The molecule has 0 N–H and O–H groups in total. The van der Waals surface area contributed by atoms with E-state index >= 15 is 0 Å². The Hall–Kier alpha value is -16.5. The van der Waals surface area contributed by atoms with Crippen LogP contribution >= 0.6 is 0 Å². The highest BCUT2D eigenvalue weighted by atomic mass is 15.2. The van der Waals surface area contributed by atoms with Gasteiger partial charge in [0, 0.05) is 117 Å². The van der Waals surface area contributed by atoms with E-state index in [4.69, 9.17) is 0 Å². The molecule has 22 aromatic rings. The second-order valence-corrected chi connectivity index (χ2v) is 36.3. The average Bonchev–Trinajstić information content (AvgIpc) is 1.55. The highest BCUT2D eigenvalue weighted by Crippen LogP contribution is 2.56. The van der Waals surface area contributed by atoms with E-state index in [-0.39, 0.29) is 16.2 Å². The third-order valence-corrected chi connectivity index (χ3v) is 27.8. The Morgan fingerprint density at radius 3 is 0.763 bits per heavy atom. The summed E-state index contributed by atoms with van der Waals surface area (Å²) in [5.74, 6) is 0. The normalized spacial score (nSPS) is 13.1. The van der Waals surface area contributed by atoms with E-state index in [9.17, 15) is 5.26 Å². The topological polar surface area (TPSA) is 48.3 Å². The second kappa shape index (κ2) is 31.8. The Morgan fingerprint density at radius 1 is 0.191 bits per heavy atom. The van der Waals surface area contributed by atoms with Gasteiger partial charge in [-0.05, 0) is 254 Å². The first-order valence-electron chi connectivity index (χ1n) is 45.3. The van der Waals surface area contributed by atoms with Crippen LogP contribution in [0.5, 0.6) is 0 Å². The van der Waals surface area contributed by atoms with Gasteiger partial charge in [-0.3, -0.25) is 0 Å². The molecule has 131 heavy (non-hydrogen) atoms. The first-order chi connectivity index (χ1) is 64.2. The lowest BCUT2D eigenvalue weighted by atomic mass is 9.82. The summed E-state index contributed by atoms with van der Waals surface area (Å²) in [6.07, 6.45) is 0. The molecule has 0 saturated carbocycles. The first-order valence-corrected chi connectivity index (χ1v) is 45.3. The summed E-state index contributed by atoms with van der Waals surface area (Å²) in [4.78, 5) is 7.12. The molecule has 0 aliphatic heterocycles. The van der Waals surface area contributed by atoms with E-state index in [1.165, 1.54) is 143 Å². The lowest BCUT2D eigenvalue weighted by molar-refractivity contribution is 0.660. The fourth-order valence-electron chi connectivity index (χ4n) is 21.4. The fraction of sp³-hybridized carbons (Fsp3) is 0.0726. The Morgan fingerprint density at radius 2 is 0.427 bits per heavy atom. The molecule has 0 saturated heterocycles. The quantitative estimate of drug-likeness (QED) is 0.115. The predicted molar refractivity (Wildman–Crippen MR) is 549 cm³/mol. The van der Waals surface area contributed by atoms with Gasteiger partial charge in [-0.15, -0.1) is 0 Å². The molecule has 0 atom stereocenters. The fourth-order valence-corrected chi connectivity index (χ4v) is 21.4. The molecule has 25 rings (SSSR count). The molecule has 7 heteroatoms. The van der Waals surface area contributed by atoms with Gasteiger partial charge >= 0.3 is 0 Å². The van der Waals surface area contributed by atoms with Crippen molar-refractivity contribution in [1.29, 1.82) is 5.26 Å². The summed E-state index contributed by atoms with van der Waals surface area (Å²) in [6, 6.07) is 166. The number of anilines is 9. The summed E-state index contributed by atoms with van der Waals surface area (Å²) < 4.78 is 7.14. The van der Waals surface area contributed by atoms with Crippen LogP contribution in [-0.4, -0.2) is 13.7 Å². The van der Waals surface area contributed by atoms with Crippen molar-refractivity contribution in [2.45, 2.75) is 57.8 Å². The number of nitrogens with zero attached hydrogens (tertiary/aromatic N) is 7. The van der Waals surface area contributed by atoms with Crippen LogP contribution in [0.1, 0.15) is 80.5 Å². The van der Waals surface area contributed by atoms with Crippen molar-refractivity contribution in [2.24, 2.45) is 0 Å². The molecule has 0 bridgehead atoms. The standard InChI is InChI=1S/C45H34N2.C40H29N3.C39H30N2/c1-45(2)41-19-11-9-17-37(41)38-27-25-35(29-42(38)45)46(34-23-21-32(22-24-34)31-13-5-3-6-14-31)36-26-28-40-39-18-10-12-20-43(39)47(44(40)30-36)33-15-7-4-8-16-33;1-40(2)36-14-8-6-12-32(36)33-22-20-30(24-37(33)40)42(29-18-16-27(26-41)17-19-29)31-21-23-35-34-13-7-9-15-38(34)43(39(35)25-31)28-10-4-3-5-11-28;1-39(2)35-19-11-9-17-31(35)32-23-21-29(25-36(32)39)40(27-13-5-3-6-14-27)30-22-24-34-33-18-10-12-20-37(33)41(38(34)26-30)28-15-7-4-8-16-28/h3-30H,1-2H3;3-25H,1-2H3;3-26H,1-2H3. The smallest absolute Gasteiger partial charge is 0.0991 e. The van der Waals surface area contributed by atoms with Crippen LogP contribution in [0.15, 0.2) is 455 Å². The van der Waals surface area contributed by atoms with Crippen molar-refractivity contribution >= 4 is 117 Å². The van der Waals surface area contributed by atoms with Crippen molar-refractivity contribution in [3.05, 3.63) is 494 Å². The van der Waals surface area contributed by atoms with Crippen LogP contribution in [0.3, 0.4) is 0 Å². The highest BCUT2D eigenvalue weighted by molar-refractivity contribution is 6.13. The second-order valence-electron chi connectivity index (χ2n) is 36.3. The first kappa shape index (κ1) is 79.1. The largest absolute Gasteiger partial charge is 0.310 e. The van der Waals surface area contributed by atoms with E-state index < -0.39 is 0 Å². The summed E-state index contributed by atoms with van der Waals surface area (Å²) in [5.41, 5.74) is 39.6. The minimum absolute atomic E-state index is 0.0615. The molecule has 3 aliphatic rings. The van der Waals surface area contributed by atoms with Crippen molar-refractivity contribution in [3.8, 4) is 67.6 Å². The van der Waals surface area contributed by atoms with E-state index in [0.29, 0.717) is 5.56 Å². The van der Waals surface area contributed by atoms with Crippen molar-refractivity contribution < 1.29 is 0 Å². The summed E-state index contributed by atoms with van der Waals surface area (Å²) in [6.45, 7) is 14.0. The van der Waals surface area contributed by atoms with Gasteiger partial charge in [-0.1, -0.05) is 321 Å². The zero-order valence-corrected chi connectivity index (χ0v) is 73.9. The summed E-state index contributed by atoms with van der Waals surface area (Å²) in [7, 11) is 0. The number of benzene rings is 19. The molecular formula is C124H93N7. The van der Waals surface area contributed by atoms with Gasteiger partial charge in [-0.25, -0.2) is 0 Å². The highest BCUT2D eigenvalue weighted by Gasteiger charge is 2.39. The molecule has 0 radical (unpaired) electrons. The van der Waals surface area contributed by atoms with Gasteiger partial charge in [0.05, 0.1) is 44.7 Å². The molecule has 0 unspecified atom stereocenters. The van der Waals surface area contributed by atoms with E-state index in [2.05, 4.69) is 507 Å². The van der Waals surface area contributed by atoms with Crippen LogP contribution < -0.4 is 14.7 Å². The maximum absolute atomic E-state index is 9.51. The van der Waals surface area contributed by atoms with Crippen LogP contribution in [0.2, 0.25) is 0 Å². The van der Waals surface area contributed by atoms with E-state index in [1.54, 1.807) is 0 Å². The summed E-state index contributed by atoms with van der Waals surface area (Å²) in [5, 5.41) is 17.0. The average molecular weight is 1680 g/mol. The minimum Gasteiger partial charge on any atom is -0.310 e. The number of hydrogen-bond donors (Lipinski definition) is 0. The minimum atomic E-state index is -0.109. The monoisotopic (exact) mass is 1680 g/mol. The third kappa shape index (κ3) is 13.3. The Labute approximate surface area is 764 Å². The lowest BCUT2D eigenvalue weighted by Crippen LogP contribution is -2.16. The molecule has 0 fully saturated rings. The molecule has 0 amide bonds. The van der Waals surface area contributed by atoms with Crippen LogP contribution in [-0.2, 0) is 16.2 Å². The zero-order valence-electron chi connectivity index (χ0n) is 73.9. The van der Waals surface area contributed by atoms with Crippen LogP contribution in [0.4, 0.5) is 51.2 Å². The molecule has 3 aliphatic carbocycles. The molecule has 3 heterocycles. The maximum Gasteiger partial charge on any atom is 0.0991 e. The summed E-state index contributed by atoms with van der Waals surface area (Å²) >= 11 is 0. The Balaban J connectivity index is 0.000000112. The van der Waals surface area contributed by atoms with Crippen molar-refractivity contribution in [3.63, 3.8) is 0 Å². The molecule has 0 spiro atoms. The van der Waals surface area contributed by atoms with Crippen LogP contribution in [0.25, 0.3) is 127 Å². The zero-order chi connectivity index (χ0) is 88.2. The molecule has 3 aromatic heterocycles. The number of hydrogen-bond acceptors (Lipinski definition) is 4. The van der Waals surface area contributed by atoms with Gasteiger partial charge in [0.2, 0.25) is 0 Å². The van der Waals surface area contributed by atoms with Gasteiger partial charge in [0.1, 0.15) is 0 Å². The van der Waals surface area contributed by atoms with Gasteiger partial charge in [0.15, 0.2) is 0 Å². The lowest BCUT2D eigenvalue weighted by Gasteiger charge is -2.28. The molecule has 19 aromatic carbocycles. The molecule has 7 nitrogen and oxygen atoms in total. The predicted octanol–water partition coefficient (Wildman–Crippen LogP) is 33.2. The van der Waals surface area contributed by atoms with Crippen molar-refractivity contribution in [1.82, 2.24) is 13.7 Å². The van der Waals surface area contributed by atoms with Crippen molar-refractivity contribution in [2.75, 3.05) is 14.7 Å². The number of fused-ring (bicyclic) bond motifs is 18. The molecule has 624 valence electrons. The number of rotatable bonds is 13. The number of nitriles is 1. The van der Waals surface area contributed by atoms with Crippen LogP contribution in [0, 0.1) is 11.3 Å².